The van der Waals surface area contributed by atoms with Gasteiger partial charge in [0.15, 0.2) is 0 Å². The van der Waals surface area contributed by atoms with E-state index in [9.17, 15) is 4.79 Å². The number of halogens is 1. The first-order valence-electron chi connectivity index (χ1n) is 7.78. The van der Waals surface area contributed by atoms with Crippen molar-refractivity contribution in [1.29, 1.82) is 0 Å². The Morgan fingerprint density at radius 3 is 2.56 bits per heavy atom. The maximum absolute atomic E-state index is 12.2. The molecule has 0 spiro atoms. The van der Waals surface area contributed by atoms with Gasteiger partial charge in [0.1, 0.15) is 0 Å². The topological polar surface area (TPSA) is 66.9 Å². The normalized spacial score (nSPS) is 10.3. The Balaban J connectivity index is 1.60. The molecule has 6 heteroatoms. The Labute approximate surface area is 154 Å². The molecule has 0 saturated heterocycles. The van der Waals surface area contributed by atoms with Gasteiger partial charge >= 0.3 is 0 Å². The molecule has 3 rings (SSSR count). The van der Waals surface area contributed by atoms with Crippen LogP contribution >= 0.6 is 15.9 Å². The van der Waals surface area contributed by atoms with E-state index < -0.39 is 0 Å². The molecule has 2 N–H and O–H groups in total. The minimum Gasteiger partial charge on any atom is -0.348 e. The van der Waals surface area contributed by atoms with Gasteiger partial charge in [0.05, 0.1) is 5.56 Å². The van der Waals surface area contributed by atoms with E-state index >= 15 is 0 Å². The highest BCUT2D eigenvalue weighted by atomic mass is 79.9. The Morgan fingerprint density at radius 1 is 1.08 bits per heavy atom. The number of hydrogen-bond acceptors (Lipinski definition) is 4. The lowest BCUT2D eigenvalue weighted by atomic mass is 10.1. The van der Waals surface area contributed by atoms with Crippen LogP contribution in [0.25, 0.3) is 0 Å². The van der Waals surface area contributed by atoms with Gasteiger partial charge in [-0.05, 0) is 30.7 Å². The largest absolute Gasteiger partial charge is 0.348 e. The van der Waals surface area contributed by atoms with E-state index in [4.69, 9.17) is 0 Å². The molecule has 25 heavy (non-hydrogen) atoms. The number of benzene rings is 2. The third kappa shape index (κ3) is 4.87. The lowest BCUT2D eigenvalue weighted by Gasteiger charge is -2.07. The van der Waals surface area contributed by atoms with Gasteiger partial charge in [-0.3, -0.25) is 4.79 Å². The standard InChI is InChI=1S/C19H17BrN4O/c1-13-4-2-5-14(8-13)10-21-18(25)15-11-22-19(23-12-15)24-17-7-3-6-16(20)9-17/h2-9,11-12H,10H2,1H3,(H,21,25)(H,22,23,24). The van der Waals surface area contributed by atoms with Gasteiger partial charge in [-0.1, -0.05) is 51.8 Å². The fourth-order valence-electron chi connectivity index (χ4n) is 2.31. The van der Waals surface area contributed by atoms with Crippen LogP contribution < -0.4 is 10.6 Å². The molecule has 5 nitrogen and oxygen atoms in total. The minimum atomic E-state index is -0.199. The Hall–Kier alpha value is -2.73. The number of aryl methyl sites for hydroxylation is 1. The van der Waals surface area contributed by atoms with Crippen LogP contribution in [0.1, 0.15) is 21.5 Å². The maximum Gasteiger partial charge on any atom is 0.254 e. The zero-order valence-electron chi connectivity index (χ0n) is 13.7. The van der Waals surface area contributed by atoms with Gasteiger partial charge in [-0.15, -0.1) is 0 Å². The molecule has 0 unspecified atom stereocenters. The van der Waals surface area contributed by atoms with Crippen LogP contribution in [0.2, 0.25) is 0 Å². The highest BCUT2D eigenvalue weighted by Crippen LogP contribution is 2.18. The number of nitrogens with zero attached hydrogens (tertiary/aromatic N) is 2. The van der Waals surface area contributed by atoms with E-state index in [1.807, 2.05) is 55.5 Å². The minimum absolute atomic E-state index is 0.199. The summed E-state index contributed by atoms with van der Waals surface area (Å²) in [6.45, 7) is 2.49. The molecular weight excluding hydrogens is 380 g/mol. The van der Waals surface area contributed by atoms with E-state index in [1.165, 1.54) is 12.4 Å². The van der Waals surface area contributed by atoms with Crippen molar-refractivity contribution in [3.05, 3.63) is 82.1 Å². The number of anilines is 2. The van der Waals surface area contributed by atoms with Crippen molar-refractivity contribution in [2.75, 3.05) is 5.32 Å². The van der Waals surface area contributed by atoms with E-state index in [1.54, 1.807) is 0 Å². The lowest BCUT2D eigenvalue weighted by Crippen LogP contribution is -2.23. The number of nitrogens with one attached hydrogen (secondary N) is 2. The molecule has 1 heterocycles. The summed E-state index contributed by atoms with van der Waals surface area (Å²) in [6.07, 6.45) is 3.03. The molecule has 0 atom stereocenters. The average molecular weight is 397 g/mol. The Kier molecular flexibility index (Phi) is 5.40. The predicted octanol–water partition coefficient (Wildman–Crippen LogP) is 4.22. The van der Waals surface area contributed by atoms with Crippen molar-refractivity contribution in [2.24, 2.45) is 0 Å². The van der Waals surface area contributed by atoms with Crippen molar-refractivity contribution >= 4 is 33.5 Å². The summed E-state index contributed by atoms with van der Waals surface area (Å²) < 4.78 is 0.963. The first-order chi connectivity index (χ1) is 12.1. The van der Waals surface area contributed by atoms with Crippen LogP contribution in [0.3, 0.4) is 0 Å². The predicted molar refractivity (Wildman–Crippen MR) is 102 cm³/mol. The van der Waals surface area contributed by atoms with Crippen molar-refractivity contribution in [1.82, 2.24) is 15.3 Å². The summed E-state index contributed by atoms with van der Waals surface area (Å²) in [4.78, 5) is 20.6. The van der Waals surface area contributed by atoms with Gasteiger partial charge in [0.2, 0.25) is 5.95 Å². The van der Waals surface area contributed by atoms with Gasteiger partial charge in [0.25, 0.3) is 5.91 Å². The average Bonchev–Trinajstić information content (AvgIpc) is 2.60. The third-order valence-corrected chi connectivity index (χ3v) is 4.02. The van der Waals surface area contributed by atoms with E-state index in [-0.39, 0.29) is 5.91 Å². The molecule has 0 aliphatic rings. The molecular formula is C19H17BrN4O. The summed E-state index contributed by atoms with van der Waals surface area (Å²) in [5.74, 6) is 0.240. The summed E-state index contributed by atoms with van der Waals surface area (Å²) >= 11 is 3.41. The van der Waals surface area contributed by atoms with Crippen LogP contribution in [0.4, 0.5) is 11.6 Å². The first kappa shape index (κ1) is 17.1. The lowest BCUT2D eigenvalue weighted by molar-refractivity contribution is 0.0950. The summed E-state index contributed by atoms with van der Waals surface area (Å²) in [7, 11) is 0. The molecule has 1 aromatic heterocycles. The second-order valence-electron chi connectivity index (χ2n) is 5.60. The molecule has 0 fully saturated rings. The number of carbonyl (C=O) groups is 1. The first-order valence-corrected chi connectivity index (χ1v) is 8.58. The quantitative estimate of drug-likeness (QED) is 0.677. The molecule has 1 amide bonds. The second kappa shape index (κ2) is 7.90. The van der Waals surface area contributed by atoms with Gasteiger partial charge in [-0.25, -0.2) is 9.97 Å². The van der Waals surface area contributed by atoms with Crippen molar-refractivity contribution in [3.8, 4) is 0 Å². The van der Waals surface area contributed by atoms with E-state index in [0.717, 1.165) is 21.3 Å². The number of aromatic nitrogens is 2. The zero-order chi connectivity index (χ0) is 17.6. The Morgan fingerprint density at radius 2 is 1.84 bits per heavy atom. The van der Waals surface area contributed by atoms with Crippen molar-refractivity contribution < 1.29 is 4.79 Å². The van der Waals surface area contributed by atoms with Crippen LogP contribution in [-0.4, -0.2) is 15.9 Å². The van der Waals surface area contributed by atoms with Gasteiger partial charge in [0, 0.05) is 29.1 Å². The van der Waals surface area contributed by atoms with E-state index in [2.05, 4.69) is 36.5 Å². The smallest absolute Gasteiger partial charge is 0.254 e. The van der Waals surface area contributed by atoms with Crippen LogP contribution in [0.5, 0.6) is 0 Å². The number of carbonyl (C=O) groups excluding carboxylic acids is 1. The molecule has 126 valence electrons. The van der Waals surface area contributed by atoms with Crippen LogP contribution in [0.15, 0.2) is 65.4 Å². The molecule has 2 aromatic carbocycles. The molecule has 0 saturated carbocycles. The van der Waals surface area contributed by atoms with Crippen LogP contribution in [-0.2, 0) is 6.54 Å². The second-order valence-corrected chi connectivity index (χ2v) is 6.52. The monoisotopic (exact) mass is 396 g/mol. The summed E-state index contributed by atoms with van der Waals surface area (Å²) in [5.41, 5.74) is 3.51. The highest BCUT2D eigenvalue weighted by Gasteiger charge is 2.07. The van der Waals surface area contributed by atoms with Crippen molar-refractivity contribution in [3.63, 3.8) is 0 Å². The highest BCUT2D eigenvalue weighted by molar-refractivity contribution is 9.10. The SMILES string of the molecule is Cc1cccc(CNC(=O)c2cnc(Nc3cccc(Br)c3)nc2)c1. The third-order valence-electron chi connectivity index (χ3n) is 3.53. The molecule has 0 aliphatic heterocycles. The molecule has 0 bridgehead atoms. The van der Waals surface area contributed by atoms with Gasteiger partial charge in [-0.2, -0.15) is 0 Å². The van der Waals surface area contributed by atoms with Gasteiger partial charge < -0.3 is 10.6 Å². The number of hydrogen-bond donors (Lipinski definition) is 2. The fourth-order valence-corrected chi connectivity index (χ4v) is 2.71. The summed E-state index contributed by atoms with van der Waals surface area (Å²) in [6, 6.07) is 15.7. The molecule has 0 aliphatic carbocycles. The van der Waals surface area contributed by atoms with Crippen molar-refractivity contribution in [2.45, 2.75) is 13.5 Å². The maximum atomic E-state index is 12.2. The zero-order valence-corrected chi connectivity index (χ0v) is 15.2. The van der Waals surface area contributed by atoms with Crippen LogP contribution in [0, 0.1) is 6.92 Å². The fraction of sp³-hybridized carbons (Fsp3) is 0.105. The Bertz CT molecular complexity index is 881. The van der Waals surface area contributed by atoms with E-state index in [0.29, 0.717) is 18.1 Å². The molecule has 3 aromatic rings. The molecule has 0 radical (unpaired) electrons. The summed E-state index contributed by atoms with van der Waals surface area (Å²) in [5, 5.41) is 5.96. The number of rotatable bonds is 5. The number of amides is 1.